The molecule has 0 amide bonds. The van der Waals surface area contributed by atoms with Crippen molar-refractivity contribution in [2.75, 3.05) is 0 Å². The van der Waals surface area contributed by atoms with Crippen molar-refractivity contribution in [2.24, 2.45) is 0 Å². The second-order valence-corrected chi connectivity index (χ2v) is 4.62. The van der Waals surface area contributed by atoms with E-state index < -0.39 is 5.97 Å². The Balaban J connectivity index is 2.10. The maximum Gasteiger partial charge on any atom is 0.339 e. The first kappa shape index (κ1) is 13.5. The van der Waals surface area contributed by atoms with Crippen LogP contribution >= 0.6 is 11.6 Å². The van der Waals surface area contributed by atoms with Crippen molar-refractivity contribution in [3.05, 3.63) is 51.9 Å². The average molecular weight is 281 g/mol. The molecule has 0 spiro atoms. The zero-order chi connectivity index (χ0) is 14.0. The highest BCUT2D eigenvalue weighted by Gasteiger charge is 2.14. The van der Waals surface area contributed by atoms with Gasteiger partial charge in [-0.05, 0) is 37.6 Å². The SMILES string of the molecule is Cc1ccc(OCc2cc(C(=O)O)c(C)o2)c(Cl)c1. The van der Waals surface area contributed by atoms with Crippen LogP contribution in [0.25, 0.3) is 0 Å². The van der Waals surface area contributed by atoms with E-state index in [4.69, 9.17) is 25.9 Å². The number of aryl methyl sites for hydroxylation is 2. The van der Waals surface area contributed by atoms with Gasteiger partial charge in [-0.3, -0.25) is 0 Å². The first-order chi connectivity index (χ1) is 8.97. The number of carboxylic acid groups (broad SMARTS) is 1. The summed E-state index contributed by atoms with van der Waals surface area (Å²) in [6.45, 7) is 3.67. The molecule has 2 rings (SSSR count). The Morgan fingerprint density at radius 1 is 1.37 bits per heavy atom. The Kier molecular flexibility index (Phi) is 3.81. The van der Waals surface area contributed by atoms with Gasteiger partial charge in [0.15, 0.2) is 0 Å². The lowest BCUT2D eigenvalue weighted by molar-refractivity contribution is 0.0695. The maximum atomic E-state index is 10.9. The average Bonchev–Trinajstić information content (AvgIpc) is 2.69. The first-order valence-corrected chi connectivity index (χ1v) is 6.06. The van der Waals surface area contributed by atoms with E-state index in [9.17, 15) is 4.79 Å². The minimum Gasteiger partial charge on any atom is -0.484 e. The highest BCUT2D eigenvalue weighted by atomic mass is 35.5. The van der Waals surface area contributed by atoms with Gasteiger partial charge in [0.1, 0.15) is 29.4 Å². The van der Waals surface area contributed by atoms with E-state index in [1.54, 1.807) is 19.1 Å². The van der Waals surface area contributed by atoms with E-state index in [0.717, 1.165) is 5.56 Å². The molecule has 0 bridgehead atoms. The van der Waals surface area contributed by atoms with Crippen molar-refractivity contribution in [3.63, 3.8) is 0 Å². The number of ether oxygens (including phenoxy) is 1. The molecule has 1 N–H and O–H groups in total. The van der Waals surface area contributed by atoms with E-state index in [1.165, 1.54) is 6.07 Å². The monoisotopic (exact) mass is 280 g/mol. The fourth-order valence-electron chi connectivity index (χ4n) is 1.70. The minimum absolute atomic E-state index is 0.136. The predicted molar refractivity (Wildman–Crippen MR) is 70.9 cm³/mol. The van der Waals surface area contributed by atoms with Gasteiger partial charge in [-0.25, -0.2) is 4.79 Å². The lowest BCUT2D eigenvalue weighted by Crippen LogP contribution is -1.96. The molecule has 0 saturated carbocycles. The molecule has 19 heavy (non-hydrogen) atoms. The van der Waals surface area contributed by atoms with E-state index in [1.807, 2.05) is 13.0 Å². The maximum absolute atomic E-state index is 10.9. The van der Waals surface area contributed by atoms with Crippen LogP contribution in [0.5, 0.6) is 5.75 Å². The number of carbonyl (C=O) groups is 1. The topological polar surface area (TPSA) is 59.7 Å². The fraction of sp³-hybridized carbons (Fsp3) is 0.214. The molecule has 0 aliphatic carbocycles. The fourth-order valence-corrected chi connectivity index (χ4v) is 1.99. The van der Waals surface area contributed by atoms with Gasteiger partial charge >= 0.3 is 5.97 Å². The smallest absolute Gasteiger partial charge is 0.339 e. The van der Waals surface area contributed by atoms with Crippen LogP contribution in [0.1, 0.15) is 27.4 Å². The molecule has 0 atom stereocenters. The van der Waals surface area contributed by atoms with E-state index in [-0.39, 0.29) is 12.2 Å². The second kappa shape index (κ2) is 5.36. The molecular weight excluding hydrogens is 268 g/mol. The van der Waals surface area contributed by atoms with Gasteiger partial charge in [0.2, 0.25) is 0 Å². The number of hydrogen-bond donors (Lipinski definition) is 1. The van der Waals surface area contributed by atoms with Gasteiger partial charge in [0.25, 0.3) is 0 Å². The molecule has 0 aliphatic heterocycles. The number of halogens is 1. The van der Waals surface area contributed by atoms with Crippen molar-refractivity contribution < 1.29 is 19.1 Å². The third-order valence-corrected chi connectivity index (χ3v) is 2.95. The summed E-state index contributed by atoms with van der Waals surface area (Å²) in [4.78, 5) is 10.9. The molecule has 0 aliphatic rings. The number of rotatable bonds is 4. The molecule has 1 heterocycles. The van der Waals surface area contributed by atoms with Crippen molar-refractivity contribution in [3.8, 4) is 5.75 Å². The lowest BCUT2D eigenvalue weighted by atomic mass is 10.2. The number of hydrogen-bond acceptors (Lipinski definition) is 3. The Hall–Kier alpha value is -1.94. The van der Waals surface area contributed by atoms with Crippen molar-refractivity contribution >= 4 is 17.6 Å². The summed E-state index contributed by atoms with van der Waals surface area (Å²) in [5.74, 6) is 0.340. The summed E-state index contributed by atoms with van der Waals surface area (Å²) in [5.41, 5.74) is 1.19. The van der Waals surface area contributed by atoms with Crippen molar-refractivity contribution in [2.45, 2.75) is 20.5 Å². The summed E-state index contributed by atoms with van der Waals surface area (Å²) in [6.07, 6.45) is 0. The molecule has 5 heteroatoms. The summed E-state index contributed by atoms with van der Waals surface area (Å²) in [5, 5.41) is 9.43. The van der Waals surface area contributed by atoms with Crippen LogP contribution in [0.4, 0.5) is 0 Å². The Bertz CT molecular complexity index is 616. The van der Waals surface area contributed by atoms with Crippen molar-refractivity contribution in [1.82, 2.24) is 0 Å². The normalized spacial score (nSPS) is 10.5. The molecule has 2 aromatic rings. The summed E-state index contributed by atoms with van der Waals surface area (Å²) < 4.78 is 10.8. The van der Waals surface area contributed by atoms with Crippen LogP contribution in [-0.2, 0) is 6.61 Å². The Morgan fingerprint density at radius 2 is 2.11 bits per heavy atom. The molecule has 0 radical (unpaired) electrons. The second-order valence-electron chi connectivity index (χ2n) is 4.21. The highest BCUT2D eigenvalue weighted by molar-refractivity contribution is 6.32. The molecule has 0 unspecified atom stereocenters. The van der Waals surface area contributed by atoms with Gasteiger partial charge in [0.05, 0.1) is 5.02 Å². The zero-order valence-electron chi connectivity index (χ0n) is 10.6. The largest absolute Gasteiger partial charge is 0.484 e. The van der Waals surface area contributed by atoms with Crippen molar-refractivity contribution in [1.29, 1.82) is 0 Å². The third-order valence-electron chi connectivity index (χ3n) is 2.66. The van der Waals surface area contributed by atoms with Gasteiger partial charge in [-0.2, -0.15) is 0 Å². The summed E-state index contributed by atoms with van der Waals surface area (Å²) >= 11 is 6.03. The van der Waals surface area contributed by atoms with E-state index in [2.05, 4.69) is 0 Å². The summed E-state index contributed by atoms with van der Waals surface area (Å²) in [6, 6.07) is 6.91. The van der Waals surface area contributed by atoms with Crippen LogP contribution < -0.4 is 4.74 Å². The number of aromatic carboxylic acids is 1. The van der Waals surface area contributed by atoms with E-state index in [0.29, 0.717) is 22.3 Å². The molecular formula is C14H13ClO4. The standard InChI is InChI=1S/C14H13ClO4/c1-8-3-4-13(12(15)5-8)18-7-10-6-11(14(16)17)9(2)19-10/h3-6H,7H2,1-2H3,(H,16,17). The molecule has 1 aromatic heterocycles. The van der Waals surface area contributed by atoms with Gasteiger partial charge < -0.3 is 14.3 Å². The first-order valence-electron chi connectivity index (χ1n) is 5.69. The summed E-state index contributed by atoms with van der Waals surface area (Å²) in [7, 11) is 0. The van der Waals surface area contributed by atoms with Gasteiger partial charge in [-0.15, -0.1) is 0 Å². The molecule has 4 nitrogen and oxygen atoms in total. The quantitative estimate of drug-likeness (QED) is 0.925. The van der Waals surface area contributed by atoms with Crippen LogP contribution in [0, 0.1) is 13.8 Å². The lowest BCUT2D eigenvalue weighted by Gasteiger charge is -2.06. The predicted octanol–water partition coefficient (Wildman–Crippen LogP) is 3.83. The zero-order valence-corrected chi connectivity index (χ0v) is 11.3. The molecule has 100 valence electrons. The number of furan rings is 1. The number of benzene rings is 1. The molecule has 1 aromatic carbocycles. The highest BCUT2D eigenvalue weighted by Crippen LogP contribution is 2.26. The third kappa shape index (κ3) is 3.09. The Labute approximate surface area is 115 Å². The Morgan fingerprint density at radius 3 is 2.68 bits per heavy atom. The molecule has 0 fully saturated rings. The van der Waals surface area contributed by atoms with Crippen LogP contribution in [0.15, 0.2) is 28.7 Å². The van der Waals surface area contributed by atoms with Crippen LogP contribution in [0.3, 0.4) is 0 Å². The minimum atomic E-state index is -1.01. The van der Waals surface area contributed by atoms with Gasteiger partial charge in [0, 0.05) is 0 Å². The van der Waals surface area contributed by atoms with Crippen LogP contribution in [-0.4, -0.2) is 11.1 Å². The number of carboxylic acids is 1. The van der Waals surface area contributed by atoms with E-state index >= 15 is 0 Å². The van der Waals surface area contributed by atoms with Crippen LogP contribution in [0.2, 0.25) is 5.02 Å². The molecule has 0 saturated heterocycles. The van der Waals surface area contributed by atoms with Gasteiger partial charge in [-0.1, -0.05) is 17.7 Å².